The number of hydrogen-bond acceptors (Lipinski definition) is 8. The van der Waals surface area contributed by atoms with E-state index < -0.39 is 87.9 Å². The summed E-state index contributed by atoms with van der Waals surface area (Å²) in [7, 11) is -2.32. The lowest BCUT2D eigenvalue weighted by molar-refractivity contribution is -0.123. The van der Waals surface area contributed by atoms with Gasteiger partial charge in [0, 0.05) is 35.7 Å². The van der Waals surface area contributed by atoms with Gasteiger partial charge in [0.1, 0.15) is 47.9 Å². The van der Waals surface area contributed by atoms with Gasteiger partial charge >= 0.3 is 6.09 Å². The average molecular weight is 861 g/mol. The zero-order valence-corrected chi connectivity index (χ0v) is 32.4. The highest BCUT2D eigenvalue weighted by atomic mass is 35.5. The molecule has 308 valence electrons. The number of fused-ring (bicyclic) bond motifs is 4. The van der Waals surface area contributed by atoms with E-state index in [0.29, 0.717) is 21.8 Å². The van der Waals surface area contributed by atoms with Crippen molar-refractivity contribution in [2.24, 2.45) is 13.0 Å². The van der Waals surface area contributed by atoms with Crippen molar-refractivity contribution in [3.63, 3.8) is 0 Å². The van der Waals surface area contributed by atoms with Crippen molar-refractivity contribution in [2.45, 2.75) is 56.2 Å². The quantitative estimate of drug-likeness (QED) is 0.110. The second kappa shape index (κ2) is 14.8. The van der Waals surface area contributed by atoms with Crippen molar-refractivity contribution >= 4 is 50.3 Å². The number of nitrogens with one attached hydrogen (secondary N) is 3. The van der Waals surface area contributed by atoms with Crippen molar-refractivity contribution in [1.82, 2.24) is 35.2 Å². The molecule has 2 amide bonds. The highest BCUT2D eigenvalue weighted by molar-refractivity contribution is 7.92. The van der Waals surface area contributed by atoms with Crippen molar-refractivity contribution < 1.29 is 49.1 Å². The van der Waals surface area contributed by atoms with Crippen LogP contribution in [0.15, 0.2) is 42.5 Å². The van der Waals surface area contributed by atoms with Gasteiger partial charge < -0.3 is 15.4 Å². The van der Waals surface area contributed by atoms with Crippen molar-refractivity contribution in [2.75, 3.05) is 17.6 Å². The van der Waals surface area contributed by atoms with Crippen LogP contribution in [0.2, 0.25) is 5.02 Å². The van der Waals surface area contributed by atoms with E-state index in [1.165, 1.54) is 23.9 Å². The Balaban J connectivity index is 1.27. The van der Waals surface area contributed by atoms with E-state index in [-0.39, 0.29) is 70.2 Å². The number of aromatic nitrogens is 5. The molecule has 5 aromatic rings. The molecule has 21 heteroatoms. The lowest BCUT2D eigenvalue weighted by Gasteiger charge is -2.34. The van der Waals surface area contributed by atoms with Gasteiger partial charge in [-0.15, -0.1) is 0 Å². The number of pyridine rings is 1. The summed E-state index contributed by atoms with van der Waals surface area (Å²) in [6, 6.07) is 6.75. The summed E-state index contributed by atoms with van der Waals surface area (Å²) in [6.07, 6.45) is -2.91. The molecule has 0 bridgehead atoms. The topological polar surface area (TPSA) is 162 Å². The molecule has 0 spiro atoms. The van der Waals surface area contributed by atoms with Crippen LogP contribution in [-0.4, -0.2) is 63.9 Å². The fourth-order valence-electron chi connectivity index (χ4n) is 8.00. The Morgan fingerprint density at radius 2 is 1.81 bits per heavy atom. The fourth-order valence-corrected chi connectivity index (χ4v) is 8.74. The minimum atomic E-state index is -3.84. The Kier molecular flexibility index (Phi) is 10.0. The van der Waals surface area contributed by atoms with Crippen LogP contribution in [0.5, 0.6) is 0 Å². The van der Waals surface area contributed by atoms with E-state index in [2.05, 4.69) is 37.4 Å². The van der Waals surface area contributed by atoms with Crippen LogP contribution < -0.4 is 15.4 Å². The minimum Gasteiger partial charge on any atom is -0.446 e. The van der Waals surface area contributed by atoms with E-state index in [1.54, 1.807) is 12.1 Å². The maximum Gasteiger partial charge on any atom is 0.408 e. The zero-order chi connectivity index (χ0) is 42.1. The first-order valence-corrected chi connectivity index (χ1v) is 20.3. The van der Waals surface area contributed by atoms with Crippen LogP contribution in [0.4, 0.5) is 37.0 Å². The molecule has 2 fully saturated rings. The van der Waals surface area contributed by atoms with E-state index in [9.17, 15) is 35.6 Å². The minimum absolute atomic E-state index is 0.0197. The monoisotopic (exact) mass is 860 g/mol. The van der Waals surface area contributed by atoms with Gasteiger partial charge in [-0.3, -0.25) is 18.9 Å². The predicted molar refractivity (Wildman–Crippen MR) is 200 cm³/mol. The molecule has 1 saturated carbocycles. The van der Waals surface area contributed by atoms with Gasteiger partial charge in [0.25, 0.3) is 12.3 Å². The molecule has 0 unspecified atom stereocenters. The number of alkyl halides is 4. The molecule has 59 heavy (non-hydrogen) atoms. The molecule has 4 atom stereocenters. The Bertz CT molecular complexity index is 2730. The molecule has 1 saturated heterocycles. The molecule has 2 aromatic carbocycles. The summed E-state index contributed by atoms with van der Waals surface area (Å²) in [5.41, 5.74) is -0.798. The van der Waals surface area contributed by atoms with Gasteiger partial charge in [-0.25, -0.2) is 35.8 Å². The van der Waals surface area contributed by atoms with Crippen LogP contribution in [0, 0.1) is 29.4 Å². The molecule has 8 rings (SSSR count). The number of nitrogens with zero attached hydrogens (tertiary/aromatic N) is 5. The van der Waals surface area contributed by atoms with Crippen LogP contribution in [0.1, 0.15) is 65.1 Å². The van der Waals surface area contributed by atoms with E-state index in [1.807, 2.05) is 0 Å². The third-order valence-electron chi connectivity index (χ3n) is 10.5. The van der Waals surface area contributed by atoms with Crippen LogP contribution in [0.25, 0.3) is 22.0 Å². The lowest BCUT2D eigenvalue weighted by Crippen LogP contribution is -2.36. The molecule has 3 N–H and O–H groups in total. The van der Waals surface area contributed by atoms with Gasteiger partial charge in [-0.05, 0) is 67.0 Å². The molecule has 3 aliphatic rings. The molecule has 2 aliphatic carbocycles. The molecule has 3 aromatic heterocycles. The number of aryl methyl sites for hydroxylation is 1. The highest BCUT2D eigenvalue weighted by Gasteiger charge is 2.62. The van der Waals surface area contributed by atoms with Gasteiger partial charge in [0.2, 0.25) is 15.9 Å². The average Bonchev–Trinajstić information content (AvgIpc) is 3.83. The van der Waals surface area contributed by atoms with Crippen LogP contribution >= 0.6 is 11.6 Å². The Morgan fingerprint density at radius 3 is 2.46 bits per heavy atom. The number of benzene rings is 2. The maximum atomic E-state index is 15.7. The highest BCUT2D eigenvalue weighted by Crippen LogP contribution is 2.63. The Hall–Kier alpha value is -5.81. The number of alkyl carbamates (subject to hydrolysis) is 1. The normalized spacial score (nSPS) is 19.6. The third kappa shape index (κ3) is 7.52. The van der Waals surface area contributed by atoms with Gasteiger partial charge in [-0.2, -0.15) is 19.0 Å². The number of ether oxygens (including phenoxy) is 1. The van der Waals surface area contributed by atoms with Crippen molar-refractivity contribution in [3.05, 3.63) is 93.0 Å². The van der Waals surface area contributed by atoms with E-state index >= 15 is 8.78 Å². The van der Waals surface area contributed by atoms with Crippen molar-refractivity contribution in [1.29, 1.82) is 0 Å². The van der Waals surface area contributed by atoms with Gasteiger partial charge in [0.15, 0.2) is 5.82 Å². The largest absolute Gasteiger partial charge is 0.446 e. The van der Waals surface area contributed by atoms with Crippen molar-refractivity contribution in [3.8, 4) is 23.0 Å². The number of rotatable bonds is 10. The molecular weight excluding hydrogens is 830 g/mol. The fraction of sp³-hybridized carbons (Fsp3) is 0.342. The third-order valence-corrected chi connectivity index (χ3v) is 11.3. The summed E-state index contributed by atoms with van der Waals surface area (Å²) < 4.78 is 123. The number of anilines is 1. The number of carbonyl (C=O) groups excluding carboxylic acids is 2. The number of hydrogen-bond donors (Lipinski definition) is 3. The van der Waals surface area contributed by atoms with Gasteiger partial charge in [0.05, 0.1) is 33.9 Å². The number of cyclic esters (lactones) is 1. The Labute approximate surface area is 336 Å². The molecule has 1 aliphatic heterocycles. The summed E-state index contributed by atoms with van der Waals surface area (Å²) in [5, 5.41) is 13.6. The molecular formula is C38H31ClF6N8O5S. The number of halogens is 7. The van der Waals surface area contributed by atoms with Crippen LogP contribution in [0.3, 0.4) is 0 Å². The van der Waals surface area contributed by atoms with E-state index in [0.717, 1.165) is 18.4 Å². The SMILES string of the molecule is Cn1nc(NS(C)(=O)=O)c2c(Cl)ccc(-c3ccc(C#C[C@@H]4COC(=O)N4)nc3[C@H](Cc3cc(F)cc(F)c3)NC(=O)Cn3nc(C(F)F)c4c3C(F)(F)[C@@H]3CC[C@H]43)c21. The number of sulfonamides is 1. The van der Waals surface area contributed by atoms with E-state index in [4.69, 9.17) is 21.3 Å². The lowest BCUT2D eigenvalue weighted by atomic mass is 9.73. The molecule has 0 radical (unpaired) electrons. The predicted octanol–water partition coefficient (Wildman–Crippen LogP) is 6.23. The summed E-state index contributed by atoms with van der Waals surface area (Å²) in [4.78, 5) is 30.4. The standard InChI is InChI=1S/C38H31ClF6N8O5S/c1-52-33-23(8-10-26(39)30(33)36(50-52)51-59(2,56)57)22-6-5-20(3-4-21-16-58-37(55)47-21)46-31(22)27(13-17-11-18(40)14-19(41)12-17)48-28(54)15-53-34-29(32(49-53)35(42)43)24-7-9-25(24)38(34,44)45/h5-6,8,10-12,14,21,24-25,27,35H,7,9,13,15-16H2,1-2H3,(H,47,55)(H,48,54)(H,50,51)/t21-,24+,25-,27+/m1/s1. The Morgan fingerprint density at radius 1 is 1.08 bits per heavy atom. The summed E-state index contributed by atoms with van der Waals surface area (Å²) >= 11 is 6.59. The second-order valence-electron chi connectivity index (χ2n) is 14.5. The number of amides is 2. The maximum absolute atomic E-state index is 15.7. The van der Waals surface area contributed by atoms with Crippen LogP contribution in [-0.2, 0) is 45.5 Å². The summed E-state index contributed by atoms with van der Waals surface area (Å²) in [5.74, 6) is -2.87. The summed E-state index contributed by atoms with van der Waals surface area (Å²) in [6.45, 7) is -0.986. The second-order valence-corrected chi connectivity index (χ2v) is 16.6. The first kappa shape index (κ1) is 40.0. The van der Waals surface area contributed by atoms with Gasteiger partial charge in [-0.1, -0.05) is 23.6 Å². The molecule has 13 nitrogen and oxygen atoms in total. The first-order valence-electron chi connectivity index (χ1n) is 18.0. The first-order chi connectivity index (χ1) is 27.9. The number of carbonyl (C=O) groups is 2. The zero-order valence-electron chi connectivity index (χ0n) is 30.8. The smallest absolute Gasteiger partial charge is 0.408 e. The molecule has 4 heterocycles.